The van der Waals surface area contributed by atoms with Gasteiger partial charge in [0.15, 0.2) is 0 Å². The molecule has 1 saturated heterocycles. The molecule has 1 aromatic rings. The average Bonchev–Trinajstić information content (AvgIpc) is 2.46. The van der Waals surface area contributed by atoms with E-state index in [9.17, 15) is 4.79 Å². The maximum Gasteiger partial charge on any atom is 0.229 e. The first-order chi connectivity index (χ1) is 9.72. The fraction of sp³-hybridized carbons (Fsp3) is 0.562. The number of hydrogen-bond donors (Lipinski definition) is 2. The predicted octanol–water partition coefficient (Wildman–Crippen LogP) is 2.20. The van der Waals surface area contributed by atoms with Gasteiger partial charge in [-0.3, -0.25) is 4.79 Å². The van der Waals surface area contributed by atoms with Gasteiger partial charge in [0.1, 0.15) is 0 Å². The zero-order valence-corrected chi connectivity index (χ0v) is 12.3. The van der Waals surface area contributed by atoms with Crippen LogP contribution >= 0.6 is 0 Å². The SMILES string of the molecule is COCCc1ccccc1NC(=O)C1CCCNC1C. The van der Waals surface area contributed by atoms with Gasteiger partial charge in [-0.2, -0.15) is 0 Å². The van der Waals surface area contributed by atoms with Crippen LogP contribution in [0.3, 0.4) is 0 Å². The Kier molecular flexibility index (Phi) is 5.56. The van der Waals surface area contributed by atoms with Crippen molar-refractivity contribution < 1.29 is 9.53 Å². The van der Waals surface area contributed by atoms with Gasteiger partial charge in [0.05, 0.1) is 12.5 Å². The molecule has 1 amide bonds. The molecule has 2 N–H and O–H groups in total. The molecule has 4 nitrogen and oxygen atoms in total. The Morgan fingerprint density at radius 2 is 2.25 bits per heavy atom. The number of anilines is 1. The third-order valence-corrected chi connectivity index (χ3v) is 3.95. The Hall–Kier alpha value is -1.39. The summed E-state index contributed by atoms with van der Waals surface area (Å²) in [7, 11) is 1.69. The lowest BCUT2D eigenvalue weighted by atomic mass is 9.91. The van der Waals surface area contributed by atoms with Gasteiger partial charge in [-0.1, -0.05) is 18.2 Å². The first kappa shape index (κ1) is 15.0. The highest BCUT2D eigenvalue weighted by Crippen LogP contribution is 2.21. The maximum atomic E-state index is 12.4. The molecule has 110 valence electrons. The number of para-hydroxylation sites is 1. The molecule has 1 aromatic carbocycles. The number of benzene rings is 1. The summed E-state index contributed by atoms with van der Waals surface area (Å²) in [5.41, 5.74) is 2.03. The Morgan fingerprint density at radius 1 is 1.45 bits per heavy atom. The summed E-state index contributed by atoms with van der Waals surface area (Å²) >= 11 is 0. The van der Waals surface area contributed by atoms with Crippen molar-refractivity contribution in [1.29, 1.82) is 0 Å². The van der Waals surface area contributed by atoms with E-state index >= 15 is 0 Å². The van der Waals surface area contributed by atoms with E-state index < -0.39 is 0 Å². The van der Waals surface area contributed by atoms with Gasteiger partial charge in [-0.15, -0.1) is 0 Å². The van der Waals surface area contributed by atoms with Gasteiger partial charge in [-0.05, 0) is 44.4 Å². The first-order valence-corrected chi connectivity index (χ1v) is 7.33. The summed E-state index contributed by atoms with van der Waals surface area (Å²) in [6.07, 6.45) is 2.83. The quantitative estimate of drug-likeness (QED) is 0.867. The van der Waals surface area contributed by atoms with Gasteiger partial charge in [0.25, 0.3) is 0 Å². The third-order valence-electron chi connectivity index (χ3n) is 3.95. The Bertz CT molecular complexity index is 448. The summed E-state index contributed by atoms with van der Waals surface area (Å²) in [5, 5.41) is 6.45. The second-order valence-electron chi connectivity index (χ2n) is 5.38. The molecular formula is C16H24N2O2. The second-order valence-corrected chi connectivity index (χ2v) is 5.38. The van der Waals surface area contributed by atoms with Crippen molar-refractivity contribution in [3.63, 3.8) is 0 Å². The van der Waals surface area contributed by atoms with E-state index in [1.54, 1.807) is 7.11 Å². The molecule has 1 aliphatic heterocycles. The van der Waals surface area contributed by atoms with E-state index in [0.717, 1.165) is 37.1 Å². The van der Waals surface area contributed by atoms with Gasteiger partial charge >= 0.3 is 0 Å². The number of methoxy groups -OCH3 is 1. The molecule has 0 radical (unpaired) electrons. The molecule has 1 heterocycles. The van der Waals surface area contributed by atoms with Gasteiger partial charge in [-0.25, -0.2) is 0 Å². The molecule has 1 aliphatic rings. The minimum absolute atomic E-state index is 0.0548. The number of piperidine rings is 1. The molecule has 4 heteroatoms. The topological polar surface area (TPSA) is 50.4 Å². The van der Waals surface area contributed by atoms with Crippen molar-refractivity contribution in [2.75, 3.05) is 25.6 Å². The molecular weight excluding hydrogens is 252 g/mol. The molecule has 20 heavy (non-hydrogen) atoms. The number of carbonyl (C=O) groups excluding carboxylic acids is 1. The molecule has 0 bridgehead atoms. The van der Waals surface area contributed by atoms with E-state index in [2.05, 4.69) is 17.6 Å². The summed E-state index contributed by atoms with van der Waals surface area (Å²) in [6, 6.07) is 8.19. The molecule has 0 aromatic heterocycles. The van der Waals surface area contributed by atoms with E-state index in [-0.39, 0.29) is 17.9 Å². The standard InChI is InChI=1S/C16H24N2O2/c1-12-14(7-5-10-17-12)16(19)18-15-8-4-3-6-13(15)9-11-20-2/h3-4,6,8,12,14,17H,5,7,9-11H2,1-2H3,(H,18,19). The fourth-order valence-corrected chi connectivity index (χ4v) is 2.70. The number of ether oxygens (including phenoxy) is 1. The van der Waals surface area contributed by atoms with Crippen molar-refractivity contribution in [3.05, 3.63) is 29.8 Å². The number of nitrogens with one attached hydrogen (secondary N) is 2. The van der Waals surface area contributed by atoms with Crippen LogP contribution in [0.2, 0.25) is 0 Å². The zero-order chi connectivity index (χ0) is 14.4. The summed E-state index contributed by atoms with van der Waals surface area (Å²) in [4.78, 5) is 12.4. The van der Waals surface area contributed by atoms with Crippen molar-refractivity contribution in [2.45, 2.75) is 32.2 Å². The molecule has 0 saturated carbocycles. The smallest absolute Gasteiger partial charge is 0.229 e. The lowest BCUT2D eigenvalue weighted by molar-refractivity contribution is -0.121. The molecule has 0 spiro atoms. The fourth-order valence-electron chi connectivity index (χ4n) is 2.70. The summed E-state index contributed by atoms with van der Waals surface area (Å²) in [6.45, 7) is 3.75. The second kappa shape index (κ2) is 7.41. The van der Waals surface area contributed by atoms with Gasteiger partial charge in [0, 0.05) is 18.8 Å². The van der Waals surface area contributed by atoms with Crippen LogP contribution in [-0.4, -0.2) is 32.2 Å². The molecule has 2 atom stereocenters. The zero-order valence-electron chi connectivity index (χ0n) is 12.3. The van der Waals surface area contributed by atoms with Crippen LogP contribution in [0.1, 0.15) is 25.3 Å². The van der Waals surface area contributed by atoms with E-state index in [1.807, 2.05) is 24.3 Å². The van der Waals surface area contributed by atoms with E-state index in [1.165, 1.54) is 0 Å². The minimum Gasteiger partial charge on any atom is -0.384 e. The normalized spacial score (nSPS) is 22.5. The molecule has 2 rings (SSSR count). The van der Waals surface area contributed by atoms with Crippen molar-refractivity contribution in [3.8, 4) is 0 Å². The molecule has 0 aliphatic carbocycles. The predicted molar refractivity (Wildman–Crippen MR) is 80.8 cm³/mol. The number of amides is 1. The van der Waals surface area contributed by atoms with Crippen LogP contribution in [0.25, 0.3) is 0 Å². The summed E-state index contributed by atoms with van der Waals surface area (Å²) in [5.74, 6) is 0.175. The van der Waals surface area contributed by atoms with Crippen LogP contribution < -0.4 is 10.6 Å². The van der Waals surface area contributed by atoms with Gasteiger partial charge < -0.3 is 15.4 Å². The van der Waals surface area contributed by atoms with E-state index in [4.69, 9.17) is 4.74 Å². The largest absolute Gasteiger partial charge is 0.384 e. The highest BCUT2D eigenvalue weighted by atomic mass is 16.5. The highest BCUT2D eigenvalue weighted by molar-refractivity contribution is 5.93. The first-order valence-electron chi connectivity index (χ1n) is 7.33. The molecule has 1 fully saturated rings. The Labute approximate surface area is 120 Å². The van der Waals surface area contributed by atoms with Gasteiger partial charge in [0.2, 0.25) is 5.91 Å². The van der Waals surface area contributed by atoms with Crippen LogP contribution in [-0.2, 0) is 16.0 Å². The number of rotatable bonds is 5. The maximum absolute atomic E-state index is 12.4. The highest BCUT2D eigenvalue weighted by Gasteiger charge is 2.27. The van der Waals surface area contributed by atoms with Crippen molar-refractivity contribution >= 4 is 11.6 Å². The van der Waals surface area contributed by atoms with E-state index in [0.29, 0.717) is 6.61 Å². The average molecular weight is 276 g/mol. The lowest BCUT2D eigenvalue weighted by Gasteiger charge is -2.29. The van der Waals surface area contributed by atoms with Crippen LogP contribution in [0.4, 0.5) is 5.69 Å². The Balaban J connectivity index is 2.03. The van der Waals surface area contributed by atoms with Crippen LogP contribution in [0.15, 0.2) is 24.3 Å². The van der Waals surface area contributed by atoms with Crippen molar-refractivity contribution in [2.24, 2.45) is 5.92 Å². The third kappa shape index (κ3) is 3.81. The summed E-state index contributed by atoms with van der Waals surface area (Å²) < 4.78 is 5.12. The van der Waals surface area contributed by atoms with Crippen LogP contribution in [0.5, 0.6) is 0 Å². The minimum atomic E-state index is 0.0548. The monoisotopic (exact) mass is 276 g/mol. The number of hydrogen-bond acceptors (Lipinski definition) is 3. The number of carbonyl (C=O) groups is 1. The Morgan fingerprint density at radius 3 is 3.00 bits per heavy atom. The lowest BCUT2D eigenvalue weighted by Crippen LogP contribution is -2.44. The van der Waals surface area contributed by atoms with Crippen LogP contribution in [0, 0.1) is 5.92 Å². The van der Waals surface area contributed by atoms with Crippen molar-refractivity contribution in [1.82, 2.24) is 5.32 Å². The molecule has 2 unspecified atom stereocenters.